The smallest absolute Gasteiger partial charge is 0.155 e. The Hall–Kier alpha value is -3.63. The number of aliphatic hydroxyl groups is 1. The second-order valence-electron chi connectivity index (χ2n) is 8.58. The van der Waals surface area contributed by atoms with E-state index in [1.807, 2.05) is 17.5 Å². The molecule has 2 aromatic heterocycles. The van der Waals surface area contributed by atoms with Crippen LogP contribution in [-0.4, -0.2) is 15.9 Å². The van der Waals surface area contributed by atoms with Crippen molar-refractivity contribution in [3.05, 3.63) is 115 Å². The van der Waals surface area contributed by atoms with Gasteiger partial charge >= 0.3 is 0 Å². The third-order valence-corrected chi connectivity index (χ3v) is 7.00. The molecule has 1 N–H and O–H groups in total. The predicted molar refractivity (Wildman–Crippen MR) is 151 cm³/mol. The molecule has 0 aliphatic rings. The minimum absolute atomic E-state index is 0. The fourth-order valence-electron chi connectivity index (χ4n) is 4.30. The van der Waals surface area contributed by atoms with Crippen LogP contribution in [-0.2, 0) is 24.9 Å². The SMILES string of the molecule is CC(=O)/C=C(/C)O.[Ir].[c-]1cc2c(ccc3ccccc32)cc1-c1nccc2sc(-c3ccccc3)cc12. The van der Waals surface area contributed by atoms with Gasteiger partial charge in [0.25, 0.3) is 0 Å². The van der Waals surface area contributed by atoms with Crippen LogP contribution in [0.25, 0.3) is 53.3 Å². The third kappa shape index (κ3) is 5.86. The minimum Gasteiger partial charge on any atom is -0.512 e. The Balaban J connectivity index is 0.000000356. The van der Waals surface area contributed by atoms with Crippen molar-refractivity contribution in [1.82, 2.24) is 4.98 Å². The summed E-state index contributed by atoms with van der Waals surface area (Å²) in [5.74, 6) is -0.0625. The van der Waals surface area contributed by atoms with E-state index in [-0.39, 0.29) is 31.6 Å². The fourth-order valence-corrected chi connectivity index (χ4v) is 5.36. The molecule has 0 saturated heterocycles. The van der Waals surface area contributed by atoms with Crippen molar-refractivity contribution in [2.75, 3.05) is 0 Å². The normalized spacial score (nSPS) is 11.1. The van der Waals surface area contributed by atoms with Crippen LogP contribution < -0.4 is 0 Å². The zero-order valence-electron chi connectivity index (χ0n) is 20.4. The maximum atomic E-state index is 10.0. The van der Waals surface area contributed by atoms with E-state index in [1.165, 1.54) is 62.0 Å². The largest absolute Gasteiger partial charge is 0.512 e. The molecular weight excluding hydrogens is 655 g/mol. The number of aliphatic hydroxyl groups excluding tert-OH is 1. The van der Waals surface area contributed by atoms with Gasteiger partial charge in [-0.15, -0.1) is 40.5 Å². The summed E-state index contributed by atoms with van der Waals surface area (Å²) in [6.45, 7) is 2.85. The monoisotopic (exact) mass is 679 g/mol. The van der Waals surface area contributed by atoms with Gasteiger partial charge < -0.3 is 10.1 Å². The summed E-state index contributed by atoms with van der Waals surface area (Å²) >= 11 is 1.81. The number of hydrogen-bond acceptors (Lipinski definition) is 4. The standard InChI is InChI=1S/C27H16NS.C5H8O2.Ir/c1-2-7-19(8-3-1)26-17-24-25(29-26)14-15-28-27(24)21-12-13-23-20(16-21)11-10-18-6-4-5-9-22(18)23;1-4(6)3-5(2)7;/h1-11,13-17H;3,6H,1-2H3;/q-1;;/b;4-3-;. The minimum atomic E-state index is -0.125. The van der Waals surface area contributed by atoms with Gasteiger partial charge in [0, 0.05) is 42.0 Å². The van der Waals surface area contributed by atoms with Gasteiger partial charge in [0.15, 0.2) is 5.78 Å². The first kappa shape index (κ1) is 26.4. The van der Waals surface area contributed by atoms with E-state index in [4.69, 9.17) is 10.1 Å². The number of benzene rings is 4. The molecule has 0 amide bonds. The number of fused-ring (bicyclic) bond motifs is 4. The van der Waals surface area contributed by atoms with Crippen molar-refractivity contribution in [2.45, 2.75) is 13.8 Å². The van der Waals surface area contributed by atoms with Gasteiger partial charge in [0.05, 0.1) is 5.76 Å². The Morgan fingerprint density at radius 1 is 0.865 bits per heavy atom. The van der Waals surface area contributed by atoms with Crippen molar-refractivity contribution in [3.63, 3.8) is 0 Å². The number of aromatic nitrogens is 1. The zero-order chi connectivity index (χ0) is 25.1. The van der Waals surface area contributed by atoms with Gasteiger partial charge in [-0.2, -0.15) is 0 Å². The second-order valence-corrected chi connectivity index (χ2v) is 9.66. The van der Waals surface area contributed by atoms with Crippen LogP contribution >= 0.6 is 11.3 Å². The van der Waals surface area contributed by atoms with E-state index >= 15 is 0 Å². The maximum absolute atomic E-state index is 10.0. The molecule has 0 aliphatic carbocycles. The average Bonchev–Trinajstić information content (AvgIpc) is 3.33. The Kier molecular flexibility index (Phi) is 8.30. The van der Waals surface area contributed by atoms with Crippen molar-refractivity contribution < 1.29 is 30.0 Å². The maximum Gasteiger partial charge on any atom is 0.155 e. The van der Waals surface area contributed by atoms with Crippen molar-refractivity contribution in [3.8, 4) is 21.7 Å². The van der Waals surface area contributed by atoms with Crippen molar-refractivity contribution in [2.24, 2.45) is 0 Å². The number of nitrogens with zero attached hydrogens (tertiary/aromatic N) is 1. The summed E-state index contributed by atoms with van der Waals surface area (Å²) in [6, 6.07) is 35.6. The first-order valence-corrected chi connectivity index (χ1v) is 12.5. The Bertz CT molecular complexity index is 1730. The van der Waals surface area contributed by atoms with Gasteiger partial charge in [0.1, 0.15) is 0 Å². The van der Waals surface area contributed by atoms with Gasteiger partial charge in [0.2, 0.25) is 0 Å². The van der Waals surface area contributed by atoms with Crippen LogP contribution in [0.5, 0.6) is 0 Å². The molecule has 6 rings (SSSR count). The van der Waals surface area contributed by atoms with E-state index in [2.05, 4.69) is 97.1 Å². The van der Waals surface area contributed by atoms with Gasteiger partial charge in [-0.25, -0.2) is 0 Å². The number of pyridine rings is 1. The summed E-state index contributed by atoms with van der Waals surface area (Å²) in [5.41, 5.74) is 3.28. The summed E-state index contributed by atoms with van der Waals surface area (Å²) in [5, 5.41) is 14.5. The van der Waals surface area contributed by atoms with E-state index < -0.39 is 0 Å². The number of hydrogen-bond donors (Lipinski definition) is 1. The van der Waals surface area contributed by atoms with Gasteiger partial charge in [-0.1, -0.05) is 77.5 Å². The molecule has 0 spiro atoms. The predicted octanol–water partition coefficient (Wildman–Crippen LogP) is 8.77. The molecule has 0 unspecified atom stereocenters. The Morgan fingerprint density at radius 2 is 1.59 bits per heavy atom. The molecule has 4 aromatic carbocycles. The summed E-state index contributed by atoms with van der Waals surface area (Å²) in [7, 11) is 0. The molecule has 37 heavy (non-hydrogen) atoms. The summed E-state index contributed by atoms with van der Waals surface area (Å²) < 4.78 is 1.25. The number of ketones is 1. The number of carbonyl (C=O) groups is 1. The van der Waals surface area contributed by atoms with E-state index in [0.29, 0.717) is 0 Å². The molecule has 0 fully saturated rings. The molecular formula is C32H24IrNO2S-. The molecule has 1 radical (unpaired) electrons. The number of rotatable bonds is 3. The van der Waals surface area contributed by atoms with Crippen LogP contribution in [0.4, 0.5) is 0 Å². The Morgan fingerprint density at radius 3 is 2.32 bits per heavy atom. The average molecular weight is 679 g/mol. The molecule has 2 heterocycles. The fraction of sp³-hybridized carbons (Fsp3) is 0.0625. The molecule has 185 valence electrons. The van der Waals surface area contributed by atoms with Crippen molar-refractivity contribution >= 4 is 48.8 Å². The Labute approximate surface area is 233 Å². The quantitative estimate of drug-likeness (QED) is 0.0882. The number of thiophene rings is 1. The molecule has 5 heteroatoms. The van der Waals surface area contributed by atoms with Crippen LogP contribution in [0.1, 0.15) is 13.8 Å². The zero-order valence-corrected chi connectivity index (χ0v) is 23.6. The number of allylic oxidation sites excluding steroid dienone is 2. The van der Waals surface area contributed by atoms with Crippen LogP contribution in [0.3, 0.4) is 0 Å². The first-order valence-electron chi connectivity index (χ1n) is 11.6. The molecule has 0 saturated carbocycles. The van der Waals surface area contributed by atoms with E-state index in [1.54, 1.807) is 0 Å². The number of carbonyl (C=O) groups excluding carboxylic acids is 1. The van der Waals surface area contributed by atoms with E-state index in [0.717, 1.165) is 11.3 Å². The molecule has 6 aromatic rings. The topological polar surface area (TPSA) is 50.2 Å². The van der Waals surface area contributed by atoms with Crippen LogP contribution in [0.2, 0.25) is 0 Å². The molecule has 0 aliphatic heterocycles. The van der Waals surface area contributed by atoms with E-state index in [9.17, 15) is 4.79 Å². The van der Waals surface area contributed by atoms with Crippen LogP contribution in [0.15, 0.2) is 109 Å². The summed E-state index contributed by atoms with van der Waals surface area (Å²) in [6.07, 6.45) is 3.07. The van der Waals surface area contributed by atoms with Crippen LogP contribution in [0, 0.1) is 6.07 Å². The van der Waals surface area contributed by atoms with Gasteiger partial charge in [-0.05, 0) is 48.0 Å². The second kappa shape index (κ2) is 11.6. The molecule has 0 bridgehead atoms. The first-order chi connectivity index (χ1) is 17.5. The molecule has 3 nitrogen and oxygen atoms in total. The van der Waals surface area contributed by atoms with Crippen molar-refractivity contribution in [1.29, 1.82) is 0 Å². The third-order valence-electron chi connectivity index (χ3n) is 5.85. The van der Waals surface area contributed by atoms with Gasteiger partial charge in [-0.3, -0.25) is 4.79 Å². The summed E-state index contributed by atoms with van der Waals surface area (Å²) in [4.78, 5) is 16.0. The molecule has 0 atom stereocenters.